The molecule has 100 valence electrons. The summed E-state index contributed by atoms with van der Waals surface area (Å²) in [6.45, 7) is 6.27. The van der Waals surface area contributed by atoms with Crippen LogP contribution >= 0.6 is 11.3 Å². The summed E-state index contributed by atoms with van der Waals surface area (Å²) in [5.41, 5.74) is 5.52. The Labute approximate surface area is 112 Å². The summed E-state index contributed by atoms with van der Waals surface area (Å²) in [7, 11) is 0. The maximum atomic E-state index is 7.43. The van der Waals surface area contributed by atoms with Gasteiger partial charge >= 0.3 is 0 Å². The lowest BCUT2D eigenvalue weighted by molar-refractivity contribution is 0.184. The summed E-state index contributed by atoms with van der Waals surface area (Å²) in [5, 5.41) is 10.6. The molecule has 3 N–H and O–H groups in total. The molecule has 5 nitrogen and oxygen atoms in total. The molecule has 0 aliphatic carbocycles. The van der Waals surface area contributed by atoms with Crippen LogP contribution in [-0.4, -0.2) is 47.9 Å². The Kier molecular flexibility index (Phi) is 4.54. The molecule has 0 spiro atoms. The van der Waals surface area contributed by atoms with E-state index in [2.05, 4.69) is 21.7 Å². The number of anilines is 1. The first-order valence-corrected chi connectivity index (χ1v) is 7.30. The SMILES string of the molecule is CCC(CC(=N)N)N1CCN(c2nccs2)CC1. The van der Waals surface area contributed by atoms with E-state index in [1.807, 2.05) is 11.6 Å². The van der Waals surface area contributed by atoms with Gasteiger partial charge < -0.3 is 10.6 Å². The van der Waals surface area contributed by atoms with Gasteiger partial charge in [-0.25, -0.2) is 4.98 Å². The van der Waals surface area contributed by atoms with Gasteiger partial charge in [0.1, 0.15) is 0 Å². The Hall–Kier alpha value is -1.14. The highest BCUT2D eigenvalue weighted by Gasteiger charge is 2.24. The third-order valence-electron chi connectivity index (χ3n) is 3.45. The number of thiazole rings is 1. The van der Waals surface area contributed by atoms with Crippen LogP contribution in [0, 0.1) is 5.41 Å². The van der Waals surface area contributed by atoms with Crippen molar-refractivity contribution in [3.63, 3.8) is 0 Å². The van der Waals surface area contributed by atoms with Gasteiger partial charge in [0.15, 0.2) is 5.13 Å². The number of hydrogen-bond donors (Lipinski definition) is 2. The molecule has 0 bridgehead atoms. The van der Waals surface area contributed by atoms with Gasteiger partial charge in [0.2, 0.25) is 0 Å². The predicted octanol–water partition coefficient (Wildman–Crippen LogP) is 1.37. The van der Waals surface area contributed by atoms with Gasteiger partial charge in [0.05, 0.1) is 5.84 Å². The van der Waals surface area contributed by atoms with Gasteiger partial charge in [-0.3, -0.25) is 10.3 Å². The average Bonchev–Trinajstić information content (AvgIpc) is 2.90. The minimum atomic E-state index is 0.296. The molecule has 1 fully saturated rings. The van der Waals surface area contributed by atoms with Crippen molar-refractivity contribution in [2.24, 2.45) is 5.73 Å². The number of nitrogens with zero attached hydrogens (tertiary/aromatic N) is 3. The molecule has 2 rings (SSSR count). The minimum Gasteiger partial charge on any atom is -0.388 e. The molecular weight excluding hydrogens is 246 g/mol. The van der Waals surface area contributed by atoms with E-state index in [0.717, 1.165) is 37.7 Å². The number of nitrogens with two attached hydrogens (primary N) is 1. The smallest absolute Gasteiger partial charge is 0.185 e. The fourth-order valence-electron chi connectivity index (χ4n) is 2.44. The zero-order valence-corrected chi connectivity index (χ0v) is 11.6. The molecule has 2 heterocycles. The molecule has 1 atom stereocenters. The van der Waals surface area contributed by atoms with Crippen LogP contribution in [0.5, 0.6) is 0 Å². The fraction of sp³-hybridized carbons (Fsp3) is 0.667. The number of piperazine rings is 1. The van der Waals surface area contributed by atoms with Crippen molar-refractivity contribution < 1.29 is 0 Å². The maximum absolute atomic E-state index is 7.43. The summed E-state index contributed by atoms with van der Waals surface area (Å²) >= 11 is 1.70. The summed E-state index contributed by atoms with van der Waals surface area (Å²) in [5.74, 6) is 0.296. The Morgan fingerprint density at radius 1 is 1.50 bits per heavy atom. The minimum absolute atomic E-state index is 0.296. The lowest BCUT2D eigenvalue weighted by atomic mass is 10.1. The van der Waals surface area contributed by atoms with Gasteiger partial charge in [-0.2, -0.15) is 0 Å². The molecule has 1 aromatic heterocycles. The number of aromatic nitrogens is 1. The highest BCUT2D eigenvalue weighted by molar-refractivity contribution is 7.13. The molecule has 1 aliphatic heterocycles. The van der Waals surface area contributed by atoms with Gasteiger partial charge in [-0.1, -0.05) is 6.92 Å². The van der Waals surface area contributed by atoms with E-state index >= 15 is 0 Å². The summed E-state index contributed by atoms with van der Waals surface area (Å²) in [4.78, 5) is 9.14. The number of amidine groups is 1. The molecule has 6 heteroatoms. The van der Waals surface area contributed by atoms with E-state index in [-0.39, 0.29) is 0 Å². The maximum Gasteiger partial charge on any atom is 0.185 e. The van der Waals surface area contributed by atoms with Crippen molar-refractivity contribution in [1.29, 1.82) is 5.41 Å². The highest BCUT2D eigenvalue weighted by Crippen LogP contribution is 2.20. The summed E-state index contributed by atoms with van der Waals surface area (Å²) in [6.07, 6.45) is 3.60. The molecule has 0 radical (unpaired) electrons. The second kappa shape index (κ2) is 6.15. The first-order valence-electron chi connectivity index (χ1n) is 6.42. The van der Waals surface area contributed by atoms with Gasteiger partial charge in [0.25, 0.3) is 0 Å². The Morgan fingerprint density at radius 3 is 2.72 bits per heavy atom. The average molecular weight is 267 g/mol. The third-order valence-corrected chi connectivity index (χ3v) is 4.28. The monoisotopic (exact) mass is 267 g/mol. The normalized spacial score (nSPS) is 18.8. The number of nitrogens with one attached hydrogen (secondary N) is 1. The van der Waals surface area contributed by atoms with Gasteiger partial charge in [0, 0.05) is 50.2 Å². The van der Waals surface area contributed by atoms with Gasteiger partial charge in [-0.05, 0) is 6.42 Å². The summed E-state index contributed by atoms with van der Waals surface area (Å²) < 4.78 is 0. The van der Waals surface area contributed by atoms with Crippen molar-refractivity contribution in [3.8, 4) is 0 Å². The lowest BCUT2D eigenvalue weighted by Gasteiger charge is -2.38. The first-order chi connectivity index (χ1) is 8.70. The topological polar surface area (TPSA) is 69.2 Å². The van der Waals surface area contributed by atoms with E-state index in [4.69, 9.17) is 11.1 Å². The van der Waals surface area contributed by atoms with Crippen LogP contribution in [0.4, 0.5) is 5.13 Å². The standard InChI is InChI=1S/C12H21N5S/c1-2-10(9-11(13)14)16-4-6-17(7-5-16)12-15-3-8-18-12/h3,8,10H,2,4-7,9H2,1H3,(H3,13,14). The van der Waals surface area contributed by atoms with E-state index in [1.165, 1.54) is 0 Å². The second-order valence-corrected chi connectivity index (χ2v) is 5.50. The number of hydrogen-bond acceptors (Lipinski definition) is 5. The molecule has 0 aromatic carbocycles. The van der Waals surface area contributed by atoms with E-state index < -0.39 is 0 Å². The van der Waals surface area contributed by atoms with Crippen LogP contribution in [0.2, 0.25) is 0 Å². The van der Waals surface area contributed by atoms with E-state index in [9.17, 15) is 0 Å². The van der Waals surface area contributed by atoms with E-state index in [0.29, 0.717) is 18.3 Å². The fourth-order valence-corrected chi connectivity index (χ4v) is 3.13. The second-order valence-electron chi connectivity index (χ2n) is 4.63. The Morgan fingerprint density at radius 2 is 2.22 bits per heavy atom. The largest absolute Gasteiger partial charge is 0.388 e. The lowest BCUT2D eigenvalue weighted by Crippen LogP contribution is -2.51. The Bertz CT molecular complexity index is 370. The molecule has 0 amide bonds. The predicted molar refractivity (Wildman–Crippen MR) is 76.5 cm³/mol. The van der Waals surface area contributed by atoms with E-state index in [1.54, 1.807) is 11.3 Å². The number of rotatable bonds is 5. The van der Waals surface area contributed by atoms with Crippen LogP contribution in [0.25, 0.3) is 0 Å². The quantitative estimate of drug-likeness (QED) is 0.624. The third kappa shape index (κ3) is 3.20. The summed E-state index contributed by atoms with van der Waals surface area (Å²) in [6, 6.07) is 0.418. The molecule has 1 aromatic rings. The van der Waals surface area contributed by atoms with Crippen LogP contribution in [-0.2, 0) is 0 Å². The highest BCUT2D eigenvalue weighted by atomic mass is 32.1. The van der Waals surface area contributed by atoms with Crippen molar-refractivity contribution in [3.05, 3.63) is 11.6 Å². The van der Waals surface area contributed by atoms with Crippen molar-refractivity contribution in [2.75, 3.05) is 31.1 Å². The van der Waals surface area contributed by atoms with Crippen LogP contribution in [0.3, 0.4) is 0 Å². The van der Waals surface area contributed by atoms with Crippen LogP contribution in [0.15, 0.2) is 11.6 Å². The molecule has 1 saturated heterocycles. The van der Waals surface area contributed by atoms with Gasteiger partial charge in [-0.15, -0.1) is 11.3 Å². The van der Waals surface area contributed by atoms with Crippen molar-refractivity contribution in [1.82, 2.24) is 9.88 Å². The van der Waals surface area contributed by atoms with Crippen LogP contribution in [0.1, 0.15) is 19.8 Å². The van der Waals surface area contributed by atoms with Crippen molar-refractivity contribution >= 4 is 22.3 Å². The molecular formula is C12H21N5S. The molecule has 0 saturated carbocycles. The van der Waals surface area contributed by atoms with Crippen molar-refractivity contribution in [2.45, 2.75) is 25.8 Å². The molecule has 1 aliphatic rings. The molecule has 1 unspecified atom stereocenters. The molecule has 18 heavy (non-hydrogen) atoms. The first kappa shape index (κ1) is 13.3. The van der Waals surface area contributed by atoms with Crippen LogP contribution < -0.4 is 10.6 Å². The Balaban J connectivity index is 1.87. The zero-order valence-electron chi connectivity index (χ0n) is 10.8. The zero-order chi connectivity index (χ0) is 13.0.